The molecule has 0 unspecified atom stereocenters. The number of ether oxygens (including phenoxy) is 4. The van der Waals surface area contributed by atoms with Crippen LogP contribution in [0.15, 0.2) is 12.1 Å². The Morgan fingerprint density at radius 3 is 2.19 bits per heavy atom. The van der Waals surface area contributed by atoms with E-state index < -0.39 is 0 Å². The van der Waals surface area contributed by atoms with Gasteiger partial charge in [-0.2, -0.15) is 0 Å². The maximum atomic E-state index is 13.3. The molecule has 0 aliphatic heterocycles. The van der Waals surface area contributed by atoms with Crippen LogP contribution in [0.4, 0.5) is 0 Å². The Morgan fingerprint density at radius 2 is 1.62 bits per heavy atom. The van der Waals surface area contributed by atoms with Crippen molar-refractivity contribution in [1.29, 1.82) is 0 Å². The molecule has 7 heteroatoms. The molecule has 1 aliphatic carbocycles. The largest absolute Gasteiger partial charge is 0.493 e. The molecule has 32 heavy (non-hydrogen) atoms. The zero-order chi connectivity index (χ0) is 23.3. The first-order valence-electron chi connectivity index (χ1n) is 11.8. The summed E-state index contributed by atoms with van der Waals surface area (Å²) in [5.74, 6) is 1.57. The van der Waals surface area contributed by atoms with Gasteiger partial charge in [-0.15, -0.1) is 0 Å². The van der Waals surface area contributed by atoms with Gasteiger partial charge < -0.3 is 24.3 Å². The summed E-state index contributed by atoms with van der Waals surface area (Å²) in [4.78, 5) is 24.8. The summed E-state index contributed by atoms with van der Waals surface area (Å²) < 4.78 is 21.4. The molecule has 180 valence electrons. The van der Waals surface area contributed by atoms with E-state index in [-0.39, 0.29) is 23.7 Å². The van der Waals surface area contributed by atoms with Gasteiger partial charge in [0.15, 0.2) is 11.5 Å². The topological polar surface area (TPSA) is 83.1 Å². The van der Waals surface area contributed by atoms with Crippen LogP contribution in [-0.4, -0.2) is 46.4 Å². The first-order valence-corrected chi connectivity index (χ1v) is 11.8. The van der Waals surface area contributed by atoms with E-state index in [2.05, 4.69) is 5.32 Å². The Morgan fingerprint density at radius 1 is 0.969 bits per heavy atom. The summed E-state index contributed by atoms with van der Waals surface area (Å²) in [6.07, 6.45) is 8.49. The monoisotopic (exact) mass is 449 g/mol. The maximum absolute atomic E-state index is 13.3. The summed E-state index contributed by atoms with van der Waals surface area (Å²) >= 11 is 0. The Hall–Kier alpha value is -2.44. The van der Waals surface area contributed by atoms with E-state index in [0.717, 1.165) is 50.5 Å². The predicted octanol–water partition coefficient (Wildman–Crippen LogP) is 4.62. The van der Waals surface area contributed by atoms with Crippen molar-refractivity contribution in [3.8, 4) is 17.2 Å². The molecule has 0 aromatic heterocycles. The summed E-state index contributed by atoms with van der Waals surface area (Å²) in [5, 5.41) is 3.13. The van der Waals surface area contributed by atoms with Crippen LogP contribution in [0.3, 0.4) is 0 Å². The molecule has 1 aliphatic rings. The lowest BCUT2D eigenvalue weighted by Crippen LogP contribution is -2.35. The van der Waals surface area contributed by atoms with Gasteiger partial charge in [-0.1, -0.05) is 25.7 Å². The highest BCUT2D eigenvalue weighted by molar-refractivity contribution is 5.84. The van der Waals surface area contributed by atoms with Crippen molar-refractivity contribution in [2.45, 2.75) is 70.6 Å². The second-order valence-corrected chi connectivity index (χ2v) is 8.24. The minimum Gasteiger partial charge on any atom is -0.493 e. The van der Waals surface area contributed by atoms with Gasteiger partial charge in [-0.05, 0) is 56.2 Å². The van der Waals surface area contributed by atoms with Crippen molar-refractivity contribution >= 4 is 11.9 Å². The number of hydrogen-bond donors (Lipinski definition) is 1. The fourth-order valence-corrected chi connectivity index (χ4v) is 4.51. The molecule has 1 atom stereocenters. The molecule has 0 spiro atoms. The molecule has 1 saturated carbocycles. The van der Waals surface area contributed by atoms with Crippen LogP contribution < -0.4 is 19.5 Å². The highest BCUT2D eigenvalue weighted by Crippen LogP contribution is 2.43. The Balaban J connectivity index is 2.07. The number of carbonyl (C=O) groups excluding carboxylic acids is 2. The minimum atomic E-state index is -0.261. The van der Waals surface area contributed by atoms with Crippen LogP contribution in [0.2, 0.25) is 0 Å². The van der Waals surface area contributed by atoms with Crippen LogP contribution >= 0.6 is 0 Å². The number of unbranched alkanes of at least 4 members (excludes halogenated alkanes) is 2. The standard InChI is InChI=1S/C25H39NO6/c1-5-32-22(27)14-10-7-11-15-26-25(28)23(18-12-8-6-9-13-18)19-16-20(29-2)24(31-4)21(17-19)30-3/h16-18,23H,5-15H2,1-4H3,(H,26,28)/t23-/m0/s1. The molecular weight excluding hydrogens is 410 g/mol. The SMILES string of the molecule is CCOC(=O)CCCCCNC(=O)[C@H](c1cc(OC)c(OC)c(OC)c1)C1CCCCC1. The molecule has 2 rings (SSSR count). The molecule has 0 bridgehead atoms. The van der Waals surface area contributed by atoms with Gasteiger partial charge in [-0.25, -0.2) is 0 Å². The molecule has 7 nitrogen and oxygen atoms in total. The molecule has 1 aromatic carbocycles. The van der Waals surface area contributed by atoms with Gasteiger partial charge in [-0.3, -0.25) is 9.59 Å². The molecule has 0 saturated heterocycles. The predicted molar refractivity (Wildman–Crippen MR) is 124 cm³/mol. The van der Waals surface area contributed by atoms with E-state index in [1.807, 2.05) is 19.1 Å². The van der Waals surface area contributed by atoms with E-state index in [1.165, 1.54) is 6.42 Å². The number of methoxy groups -OCH3 is 3. The number of hydrogen-bond acceptors (Lipinski definition) is 6. The molecule has 0 heterocycles. The quantitative estimate of drug-likeness (QED) is 0.350. The number of benzene rings is 1. The Bertz CT molecular complexity index is 704. The smallest absolute Gasteiger partial charge is 0.305 e. The van der Waals surface area contributed by atoms with Crippen molar-refractivity contribution in [1.82, 2.24) is 5.32 Å². The van der Waals surface area contributed by atoms with Crippen LogP contribution in [-0.2, 0) is 14.3 Å². The van der Waals surface area contributed by atoms with Crippen molar-refractivity contribution in [3.05, 3.63) is 17.7 Å². The Labute approximate surface area is 192 Å². The molecule has 1 amide bonds. The summed E-state index contributed by atoms with van der Waals surface area (Å²) in [6.45, 7) is 2.82. The van der Waals surface area contributed by atoms with Gasteiger partial charge in [0.05, 0.1) is 33.9 Å². The normalized spacial score (nSPS) is 15.0. The van der Waals surface area contributed by atoms with Crippen molar-refractivity contribution in [3.63, 3.8) is 0 Å². The lowest BCUT2D eigenvalue weighted by molar-refractivity contribution is -0.143. The fourth-order valence-electron chi connectivity index (χ4n) is 4.51. The van der Waals surface area contributed by atoms with Gasteiger partial charge in [0.2, 0.25) is 11.7 Å². The fraction of sp³-hybridized carbons (Fsp3) is 0.680. The van der Waals surface area contributed by atoms with E-state index >= 15 is 0 Å². The summed E-state index contributed by atoms with van der Waals surface area (Å²) in [7, 11) is 4.76. The summed E-state index contributed by atoms with van der Waals surface area (Å²) in [6, 6.07) is 3.80. The number of nitrogens with one attached hydrogen (secondary N) is 1. The average molecular weight is 450 g/mol. The van der Waals surface area contributed by atoms with Crippen molar-refractivity contribution in [2.24, 2.45) is 5.92 Å². The van der Waals surface area contributed by atoms with Crippen molar-refractivity contribution < 1.29 is 28.5 Å². The van der Waals surface area contributed by atoms with Gasteiger partial charge in [0, 0.05) is 13.0 Å². The van der Waals surface area contributed by atoms with Crippen LogP contribution in [0.1, 0.15) is 76.2 Å². The third-order valence-corrected chi connectivity index (χ3v) is 6.11. The van der Waals surface area contributed by atoms with Gasteiger partial charge in [0.1, 0.15) is 0 Å². The molecular formula is C25H39NO6. The number of rotatable bonds is 13. The third-order valence-electron chi connectivity index (χ3n) is 6.11. The van der Waals surface area contributed by atoms with Gasteiger partial charge >= 0.3 is 5.97 Å². The van der Waals surface area contributed by atoms with E-state index in [0.29, 0.717) is 36.8 Å². The van der Waals surface area contributed by atoms with Crippen molar-refractivity contribution in [2.75, 3.05) is 34.5 Å². The molecule has 1 aromatic rings. The zero-order valence-electron chi connectivity index (χ0n) is 20.0. The molecule has 1 fully saturated rings. The zero-order valence-corrected chi connectivity index (χ0v) is 20.0. The molecule has 0 radical (unpaired) electrons. The third kappa shape index (κ3) is 7.31. The Kier molecular flexibility index (Phi) is 11.2. The highest BCUT2D eigenvalue weighted by Gasteiger charge is 2.32. The molecule has 1 N–H and O–H groups in total. The first kappa shape index (κ1) is 25.8. The lowest BCUT2D eigenvalue weighted by Gasteiger charge is -2.30. The average Bonchev–Trinajstić information content (AvgIpc) is 2.81. The highest BCUT2D eigenvalue weighted by atomic mass is 16.5. The van der Waals surface area contributed by atoms with E-state index in [1.54, 1.807) is 21.3 Å². The van der Waals surface area contributed by atoms with Crippen LogP contribution in [0, 0.1) is 5.92 Å². The lowest BCUT2D eigenvalue weighted by atomic mass is 9.76. The second kappa shape index (κ2) is 13.9. The van der Waals surface area contributed by atoms with Crippen LogP contribution in [0.5, 0.6) is 17.2 Å². The first-order chi connectivity index (χ1) is 15.5. The van der Waals surface area contributed by atoms with E-state index in [9.17, 15) is 9.59 Å². The number of amides is 1. The van der Waals surface area contributed by atoms with Gasteiger partial charge in [0.25, 0.3) is 0 Å². The number of esters is 1. The second-order valence-electron chi connectivity index (χ2n) is 8.24. The van der Waals surface area contributed by atoms with Crippen LogP contribution in [0.25, 0.3) is 0 Å². The summed E-state index contributed by atoms with van der Waals surface area (Å²) in [5.41, 5.74) is 0.895. The van der Waals surface area contributed by atoms with E-state index in [4.69, 9.17) is 18.9 Å². The maximum Gasteiger partial charge on any atom is 0.305 e. The number of carbonyl (C=O) groups is 2. The minimum absolute atomic E-state index is 0.0385.